The van der Waals surface area contributed by atoms with Crippen molar-refractivity contribution in [3.8, 4) is 11.5 Å². The van der Waals surface area contributed by atoms with Gasteiger partial charge in [-0.05, 0) is 56.2 Å². The Hall–Kier alpha value is -3.72. The summed E-state index contributed by atoms with van der Waals surface area (Å²) in [7, 11) is 0. The zero-order chi connectivity index (χ0) is 20.9. The van der Waals surface area contributed by atoms with Crippen LogP contribution in [0.2, 0.25) is 0 Å². The van der Waals surface area contributed by atoms with E-state index < -0.39 is 6.10 Å². The lowest BCUT2D eigenvalue weighted by atomic mass is 10.2. The average molecular weight is 404 g/mol. The largest absolute Gasteiger partial charge is 0.368 e. The van der Waals surface area contributed by atoms with Gasteiger partial charge < -0.3 is 10.1 Å². The molecule has 0 bridgehead atoms. The van der Waals surface area contributed by atoms with Crippen molar-refractivity contribution in [2.75, 3.05) is 17.2 Å². The van der Waals surface area contributed by atoms with Crippen molar-refractivity contribution in [1.29, 1.82) is 0 Å². The fourth-order valence-electron chi connectivity index (χ4n) is 3.03. The number of carbonyl (C=O) groups is 2. The van der Waals surface area contributed by atoms with Crippen LogP contribution in [-0.4, -0.2) is 44.5 Å². The monoisotopic (exact) mass is 404 g/mol. The van der Waals surface area contributed by atoms with Gasteiger partial charge in [-0.2, -0.15) is 9.97 Å². The summed E-state index contributed by atoms with van der Waals surface area (Å²) in [6, 6.07) is 12.0. The summed E-state index contributed by atoms with van der Waals surface area (Å²) < 4.78 is 5.37. The summed E-state index contributed by atoms with van der Waals surface area (Å²) in [6.07, 6.45) is 2.84. The molecule has 1 unspecified atom stereocenters. The SMILES string of the molecule is Cc1nc(NC(=O)c2ccc(NC(=O)C3CCCO3)cc2)nc(-c2ccccn2)n1. The quantitative estimate of drug-likeness (QED) is 0.671. The van der Waals surface area contributed by atoms with Crippen LogP contribution in [-0.2, 0) is 9.53 Å². The van der Waals surface area contributed by atoms with Crippen molar-refractivity contribution >= 4 is 23.5 Å². The summed E-state index contributed by atoms with van der Waals surface area (Å²) >= 11 is 0. The number of aryl methyl sites for hydroxylation is 1. The van der Waals surface area contributed by atoms with E-state index >= 15 is 0 Å². The summed E-state index contributed by atoms with van der Waals surface area (Å²) in [5.74, 6) is 0.444. The molecule has 0 spiro atoms. The van der Waals surface area contributed by atoms with Gasteiger partial charge in [0.15, 0.2) is 5.82 Å². The molecule has 4 rings (SSSR count). The number of anilines is 2. The van der Waals surface area contributed by atoms with E-state index in [9.17, 15) is 9.59 Å². The first-order chi connectivity index (χ1) is 14.6. The lowest BCUT2D eigenvalue weighted by Crippen LogP contribution is -2.26. The molecule has 2 aromatic heterocycles. The van der Waals surface area contributed by atoms with Gasteiger partial charge in [0, 0.05) is 24.1 Å². The first-order valence-electron chi connectivity index (χ1n) is 9.56. The zero-order valence-electron chi connectivity index (χ0n) is 16.3. The van der Waals surface area contributed by atoms with Crippen LogP contribution in [0.25, 0.3) is 11.5 Å². The van der Waals surface area contributed by atoms with Crippen LogP contribution in [0.4, 0.5) is 11.6 Å². The molecule has 3 aromatic rings. The van der Waals surface area contributed by atoms with Gasteiger partial charge in [0.05, 0.1) is 0 Å². The van der Waals surface area contributed by atoms with E-state index in [0.29, 0.717) is 35.2 Å². The Balaban J connectivity index is 1.44. The van der Waals surface area contributed by atoms with Crippen LogP contribution in [0.15, 0.2) is 48.7 Å². The summed E-state index contributed by atoms with van der Waals surface area (Å²) in [5, 5.41) is 5.48. The fourth-order valence-corrected chi connectivity index (χ4v) is 3.03. The topological polar surface area (TPSA) is 119 Å². The van der Waals surface area contributed by atoms with E-state index in [2.05, 4.69) is 30.6 Å². The predicted molar refractivity (Wildman–Crippen MR) is 110 cm³/mol. The summed E-state index contributed by atoms with van der Waals surface area (Å²) in [5.41, 5.74) is 1.59. The number of benzene rings is 1. The molecule has 1 atom stereocenters. The van der Waals surface area contributed by atoms with Crippen LogP contribution in [0.1, 0.15) is 29.0 Å². The van der Waals surface area contributed by atoms with E-state index in [4.69, 9.17) is 4.74 Å². The highest BCUT2D eigenvalue weighted by molar-refractivity contribution is 6.04. The third-order valence-corrected chi connectivity index (χ3v) is 4.50. The fraction of sp³-hybridized carbons (Fsp3) is 0.238. The molecule has 2 amide bonds. The number of nitrogens with one attached hydrogen (secondary N) is 2. The third kappa shape index (κ3) is 4.64. The standard InChI is InChI=1S/C21H20N6O3/c1-13-23-18(16-5-2-3-11-22-16)26-21(24-13)27-19(28)14-7-9-15(10-8-14)25-20(29)17-6-4-12-30-17/h2-3,5,7-11,17H,4,6,12H2,1H3,(H,25,29)(H,23,24,26,27,28). The maximum atomic E-state index is 12.6. The number of rotatable bonds is 5. The molecule has 1 aliphatic heterocycles. The molecular weight excluding hydrogens is 384 g/mol. The minimum Gasteiger partial charge on any atom is -0.368 e. The number of nitrogens with zero attached hydrogens (tertiary/aromatic N) is 4. The number of hydrogen-bond donors (Lipinski definition) is 2. The van der Waals surface area contributed by atoms with Gasteiger partial charge in [-0.25, -0.2) is 4.98 Å². The lowest BCUT2D eigenvalue weighted by Gasteiger charge is -2.11. The highest BCUT2D eigenvalue weighted by Gasteiger charge is 2.23. The zero-order valence-corrected chi connectivity index (χ0v) is 16.3. The number of pyridine rings is 1. The van der Waals surface area contributed by atoms with Gasteiger partial charge >= 0.3 is 0 Å². The van der Waals surface area contributed by atoms with Gasteiger partial charge in [0.25, 0.3) is 11.8 Å². The van der Waals surface area contributed by atoms with Crippen LogP contribution >= 0.6 is 0 Å². The number of aromatic nitrogens is 4. The molecule has 0 radical (unpaired) electrons. The average Bonchev–Trinajstić information content (AvgIpc) is 3.30. The molecule has 1 fully saturated rings. The maximum Gasteiger partial charge on any atom is 0.258 e. The Bertz CT molecular complexity index is 1050. The Morgan fingerprint density at radius 1 is 1.03 bits per heavy atom. The molecular formula is C21H20N6O3. The highest BCUT2D eigenvalue weighted by atomic mass is 16.5. The summed E-state index contributed by atoms with van der Waals surface area (Å²) in [6.45, 7) is 2.32. The van der Waals surface area contributed by atoms with Crippen LogP contribution < -0.4 is 10.6 Å². The van der Waals surface area contributed by atoms with Crippen molar-refractivity contribution in [3.05, 3.63) is 60.0 Å². The molecule has 9 nitrogen and oxygen atoms in total. The maximum absolute atomic E-state index is 12.6. The molecule has 30 heavy (non-hydrogen) atoms. The first kappa shape index (κ1) is 19.6. The van der Waals surface area contributed by atoms with Crippen LogP contribution in [0, 0.1) is 6.92 Å². The number of amides is 2. The van der Waals surface area contributed by atoms with E-state index in [1.54, 1.807) is 49.5 Å². The Morgan fingerprint density at radius 2 is 1.87 bits per heavy atom. The highest BCUT2D eigenvalue weighted by Crippen LogP contribution is 2.17. The molecule has 1 aliphatic rings. The minimum absolute atomic E-state index is 0.143. The predicted octanol–water partition coefficient (Wildman–Crippen LogP) is 2.61. The van der Waals surface area contributed by atoms with Crippen molar-refractivity contribution < 1.29 is 14.3 Å². The van der Waals surface area contributed by atoms with Crippen molar-refractivity contribution in [3.63, 3.8) is 0 Å². The second-order valence-corrected chi connectivity index (χ2v) is 6.77. The third-order valence-electron chi connectivity index (χ3n) is 4.50. The van der Waals surface area contributed by atoms with E-state index in [1.165, 1.54) is 0 Å². The van der Waals surface area contributed by atoms with Gasteiger partial charge in [-0.1, -0.05) is 6.07 Å². The normalized spacial score (nSPS) is 15.6. The number of ether oxygens (including phenoxy) is 1. The smallest absolute Gasteiger partial charge is 0.258 e. The molecule has 3 heterocycles. The summed E-state index contributed by atoms with van der Waals surface area (Å²) in [4.78, 5) is 41.6. The number of hydrogen-bond acceptors (Lipinski definition) is 7. The van der Waals surface area contributed by atoms with E-state index in [-0.39, 0.29) is 17.8 Å². The van der Waals surface area contributed by atoms with Gasteiger partial charge in [-0.3, -0.25) is 19.9 Å². The molecule has 0 aliphatic carbocycles. The van der Waals surface area contributed by atoms with Crippen molar-refractivity contribution in [1.82, 2.24) is 19.9 Å². The van der Waals surface area contributed by atoms with Crippen molar-refractivity contribution in [2.45, 2.75) is 25.9 Å². The lowest BCUT2D eigenvalue weighted by molar-refractivity contribution is -0.124. The van der Waals surface area contributed by atoms with Crippen molar-refractivity contribution in [2.24, 2.45) is 0 Å². The molecule has 1 saturated heterocycles. The van der Waals surface area contributed by atoms with E-state index in [0.717, 1.165) is 12.8 Å². The van der Waals surface area contributed by atoms with Gasteiger partial charge in [0.2, 0.25) is 5.95 Å². The van der Waals surface area contributed by atoms with Crippen LogP contribution in [0.3, 0.4) is 0 Å². The Morgan fingerprint density at radius 3 is 2.57 bits per heavy atom. The molecule has 1 aromatic carbocycles. The Kier molecular flexibility index (Phi) is 5.71. The number of carbonyl (C=O) groups excluding carboxylic acids is 2. The second-order valence-electron chi connectivity index (χ2n) is 6.77. The molecule has 152 valence electrons. The van der Waals surface area contributed by atoms with Gasteiger partial charge in [-0.15, -0.1) is 0 Å². The first-order valence-corrected chi connectivity index (χ1v) is 9.56. The van der Waals surface area contributed by atoms with Crippen LogP contribution in [0.5, 0.6) is 0 Å². The Labute approximate surface area is 173 Å². The van der Waals surface area contributed by atoms with Gasteiger partial charge in [0.1, 0.15) is 17.6 Å². The molecule has 2 N–H and O–H groups in total. The van der Waals surface area contributed by atoms with E-state index in [1.807, 2.05) is 6.07 Å². The molecule has 0 saturated carbocycles. The minimum atomic E-state index is -0.409. The second kappa shape index (κ2) is 8.75. The molecule has 9 heteroatoms.